The number of aryl methyl sites for hydroxylation is 3. The molecule has 4 rings (SSSR count). The molecule has 28 heavy (non-hydrogen) atoms. The average molecular weight is 399 g/mol. The van der Waals surface area contributed by atoms with Crippen LogP contribution in [-0.2, 0) is 34.1 Å². The summed E-state index contributed by atoms with van der Waals surface area (Å²) < 4.78 is 27.5. The second kappa shape index (κ2) is 7.68. The molecule has 1 aliphatic heterocycles. The van der Waals surface area contributed by atoms with Crippen LogP contribution in [0, 0.1) is 6.92 Å². The number of piperazine rings is 1. The van der Waals surface area contributed by atoms with Gasteiger partial charge in [0.05, 0.1) is 11.3 Å². The summed E-state index contributed by atoms with van der Waals surface area (Å²) >= 11 is 0. The van der Waals surface area contributed by atoms with Crippen molar-refractivity contribution in [2.24, 2.45) is 0 Å². The monoisotopic (exact) mass is 398 g/mol. The Labute approximate surface area is 167 Å². The summed E-state index contributed by atoms with van der Waals surface area (Å²) in [6.07, 6.45) is 3.45. The van der Waals surface area contributed by atoms with E-state index in [-0.39, 0.29) is 5.91 Å². The number of nitrogens with zero attached hydrogens (tertiary/aromatic N) is 2. The summed E-state index contributed by atoms with van der Waals surface area (Å²) in [6, 6.07) is 13.5. The summed E-state index contributed by atoms with van der Waals surface area (Å²) in [7, 11) is -3.50. The van der Waals surface area contributed by atoms with Crippen LogP contribution in [0.1, 0.15) is 28.7 Å². The van der Waals surface area contributed by atoms with Crippen LogP contribution in [0.25, 0.3) is 0 Å². The minimum absolute atomic E-state index is 0.0541. The molecule has 2 aromatic carbocycles. The van der Waals surface area contributed by atoms with Gasteiger partial charge in [0, 0.05) is 26.2 Å². The highest BCUT2D eigenvalue weighted by Crippen LogP contribution is 2.26. The molecule has 2 aliphatic rings. The lowest BCUT2D eigenvalue weighted by atomic mass is 10.1. The van der Waals surface area contributed by atoms with Gasteiger partial charge in [0.1, 0.15) is 0 Å². The van der Waals surface area contributed by atoms with E-state index in [0.717, 1.165) is 30.4 Å². The van der Waals surface area contributed by atoms with Gasteiger partial charge in [-0.15, -0.1) is 0 Å². The van der Waals surface area contributed by atoms with Gasteiger partial charge in [-0.05, 0) is 55.0 Å². The van der Waals surface area contributed by atoms with Crippen molar-refractivity contribution < 1.29 is 13.2 Å². The zero-order valence-electron chi connectivity index (χ0n) is 16.2. The molecule has 0 radical (unpaired) electrons. The Bertz CT molecular complexity index is 975. The molecular formula is C22H26N2O3S. The zero-order chi connectivity index (χ0) is 19.7. The van der Waals surface area contributed by atoms with Crippen molar-refractivity contribution in [3.05, 3.63) is 64.7 Å². The van der Waals surface area contributed by atoms with Crippen molar-refractivity contribution in [2.75, 3.05) is 26.2 Å². The number of sulfonamides is 1. The molecular weight excluding hydrogens is 372 g/mol. The van der Waals surface area contributed by atoms with Gasteiger partial charge in [-0.3, -0.25) is 4.79 Å². The topological polar surface area (TPSA) is 57.7 Å². The van der Waals surface area contributed by atoms with Crippen molar-refractivity contribution in [3.63, 3.8) is 0 Å². The van der Waals surface area contributed by atoms with E-state index in [1.807, 2.05) is 43.3 Å². The third-order valence-electron chi connectivity index (χ3n) is 5.78. The number of fused-ring (bicyclic) bond motifs is 1. The van der Waals surface area contributed by atoms with Gasteiger partial charge in [-0.2, -0.15) is 4.31 Å². The van der Waals surface area contributed by atoms with Crippen LogP contribution in [0.5, 0.6) is 0 Å². The minimum atomic E-state index is -3.50. The molecule has 1 saturated heterocycles. The molecule has 0 saturated carbocycles. The van der Waals surface area contributed by atoms with E-state index in [1.54, 1.807) is 11.0 Å². The highest BCUT2D eigenvalue weighted by atomic mass is 32.2. The van der Waals surface area contributed by atoms with Gasteiger partial charge in [0.15, 0.2) is 0 Å². The molecule has 0 unspecified atom stereocenters. The molecule has 6 heteroatoms. The fourth-order valence-corrected chi connectivity index (χ4v) is 5.50. The Balaban J connectivity index is 1.39. The molecule has 0 atom stereocenters. The number of amides is 1. The average Bonchev–Trinajstić information content (AvgIpc) is 3.17. The number of carbonyl (C=O) groups excluding carboxylic acids is 1. The van der Waals surface area contributed by atoms with Crippen LogP contribution >= 0.6 is 0 Å². The van der Waals surface area contributed by atoms with E-state index in [0.29, 0.717) is 37.5 Å². The van der Waals surface area contributed by atoms with E-state index in [9.17, 15) is 13.2 Å². The maximum absolute atomic E-state index is 13.0. The third-order valence-corrected chi connectivity index (χ3v) is 7.67. The second-order valence-corrected chi connectivity index (χ2v) is 9.67. The molecule has 0 N–H and O–H groups in total. The molecule has 1 aliphatic carbocycles. The SMILES string of the molecule is Cc1ccc(CC(=O)N2CCN(S(=O)(=O)c3ccc4c(c3)CCC4)CC2)cc1. The van der Waals surface area contributed by atoms with E-state index in [1.165, 1.54) is 15.4 Å². The summed E-state index contributed by atoms with van der Waals surface area (Å²) in [4.78, 5) is 14.7. The molecule has 0 bridgehead atoms. The highest BCUT2D eigenvalue weighted by molar-refractivity contribution is 7.89. The van der Waals surface area contributed by atoms with Crippen molar-refractivity contribution in [2.45, 2.75) is 37.5 Å². The van der Waals surface area contributed by atoms with Crippen LogP contribution in [0.4, 0.5) is 0 Å². The molecule has 1 amide bonds. The van der Waals surface area contributed by atoms with Crippen molar-refractivity contribution in [1.82, 2.24) is 9.21 Å². The molecule has 0 aromatic heterocycles. The van der Waals surface area contributed by atoms with Crippen LogP contribution < -0.4 is 0 Å². The summed E-state index contributed by atoms with van der Waals surface area (Å²) in [5.41, 5.74) is 4.59. The first-order chi connectivity index (χ1) is 13.4. The molecule has 5 nitrogen and oxygen atoms in total. The van der Waals surface area contributed by atoms with E-state index < -0.39 is 10.0 Å². The van der Waals surface area contributed by atoms with Crippen LogP contribution in [0.15, 0.2) is 47.4 Å². The predicted molar refractivity (Wildman–Crippen MR) is 109 cm³/mol. The predicted octanol–water partition coefficient (Wildman–Crippen LogP) is 2.56. The van der Waals surface area contributed by atoms with Crippen LogP contribution in [-0.4, -0.2) is 49.7 Å². The third kappa shape index (κ3) is 3.84. The molecule has 1 fully saturated rings. The summed E-state index contributed by atoms with van der Waals surface area (Å²) in [6.45, 7) is 3.59. The second-order valence-electron chi connectivity index (χ2n) is 7.73. The number of hydrogen-bond acceptors (Lipinski definition) is 3. The lowest BCUT2D eigenvalue weighted by molar-refractivity contribution is -0.131. The number of benzene rings is 2. The molecule has 148 valence electrons. The van der Waals surface area contributed by atoms with Crippen LogP contribution in [0.2, 0.25) is 0 Å². The highest BCUT2D eigenvalue weighted by Gasteiger charge is 2.30. The van der Waals surface area contributed by atoms with Gasteiger partial charge in [0.25, 0.3) is 0 Å². The van der Waals surface area contributed by atoms with Gasteiger partial charge in [-0.25, -0.2) is 8.42 Å². The van der Waals surface area contributed by atoms with E-state index in [4.69, 9.17) is 0 Å². The van der Waals surface area contributed by atoms with Crippen molar-refractivity contribution in [1.29, 1.82) is 0 Å². The summed E-state index contributed by atoms with van der Waals surface area (Å²) in [5.74, 6) is 0.0541. The Morgan fingerprint density at radius 1 is 0.929 bits per heavy atom. The Morgan fingerprint density at radius 3 is 2.32 bits per heavy atom. The molecule has 2 aromatic rings. The van der Waals surface area contributed by atoms with Gasteiger partial charge in [0.2, 0.25) is 15.9 Å². The quantitative estimate of drug-likeness (QED) is 0.795. The first-order valence-electron chi connectivity index (χ1n) is 9.89. The lowest BCUT2D eigenvalue weighted by Crippen LogP contribution is -2.50. The molecule has 1 heterocycles. The first-order valence-corrected chi connectivity index (χ1v) is 11.3. The van der Waals surface area contributed by atoms with Gasteiger partial charge < -0.3 is 4.90 Å². The fraction of sp³-hybridized carbons (Fsp3) is 0.409. The Morgan fingerprint density at radius 2 is 1.61 bits per heavy atom. The Kier molecular flexibility index (Phi) is 5.25. The van der Waals surface area contributed by atoms with Gasteiger partial charge >= 0.3 is 0 Å². The fourth-order valence-electron chi connectivity index (χ4n) is 4.03. The minimum Gasteiger partial charge on any atom is -0.340 e. The van der Waals surface area contributed by atoms with Crippen molar-refractivity contribution in [3.8, 4) is 0 Å². The summed E-state index contributed by atoms with van der Waals surface area (Å²) in [5, 5.41) is 0. The van der Waals surface area contributed by atoms with Crippen molar-refractivity contribution >= 4 is 15.9 Å². The smallest absolute Gasteiger partial charge is 0.243 e. The normalized spacial score (nSPS) is 17.5. The van der Waals surface area contributed by atoms with E-state index >= 15 is 0 Å². The maximum atomic E-state index is 13.0. The standard InChI is InChI=1S/C22H26N2O3S/c1-17-5-7-18(8-6-17)15-22(25)23-11-13-24(14-12-23)28(26,27)21-10-9-19-3-2-4-20(19)16-21/h5-10,16H,2-4,11-15H2,1H3. The number of carbonyl (C=O) groups is 1. The zero-order valence-corrected chi connectivity index (χ0v) is 17.0. The molecule has 0 spiro atoms. The largest absolute Gasteiger partial charge is 0.340 e. The Hall–Kier alpha value is -2.18. The van der Waals surface area contributed by atoms with E-state index in [2.05, 4.69) is 0 Å². The van der Waals surface area contributed by atoms with Gasteiger partial charge in [-0.1, -0.05) is 35.9 Å². The number of rotatable bonds is 4. The number of hydrogen-bond donors (Lipinski definition) is 0. The first kappa shape index (κ1) is 19.2. The maximum Gasteiger partial charge on any atom is 0.243 e. The lowest BCUT2D eigenvalue weighted by Gasteiger charge is -2.34. The van der Waals surface area contributed by atoms with Crippen LogP contribution in [0.3, 0.4) is 0 Å².